The minimum absolute atomic E-state index is 0.826. The van der Waals surface area contributed by atoms with Crippen molar-refractivity contribution in [3.63, 3.8) is 0 Å². The molecule has 0 aliphatic carbocycles. The summed E-state index contributed by atoms with van der Waals surface area (Å²) in [7, 11) is 0. The van der Waals surface area contributed by atoms with Gasteiger partial charge in [-0.05, 0) is 44.8 Å². The largest absolute Gasteiger partial charge is 0.316 e. The highest BCUT2D eigenvalue weighted by Crippen LogP contribution is 2.32. The molecule has 0 aromatic rings. The van der Waals surface area contributed by atoms with Crippen LogP contribution < -0.4 is 5.32 Å². The highest BCUT2D eigenvalue weighted by Gasteiger charge is 2.40. The van der Waals surface area contributed by atoms with Crippen LogP contribution in [0.4, 0.5) is 0 Å². The van der Waals surface area contributed by atoms with Crippen molar-refractivity contribution in [1.29, 1.82) is 0 Å². The van der Waals surface area contributed by atoms with Crippen LogP contribution in [0.3, 0.4) is 0 Å². The molecule has 2 rings (SSSR count). The summed E-state index contributed by atoms with van der Waals surface area (Å²) in [5.41, 5.74) is 0. The van der Waals surface area contributed by atoms with Crippen molar-refractivity contribution in [2.75, 3.05) is 26.2 Å². The lowest BCUT2D eigenvalue weighted by atomic mass is 9.95. The van der Waals surface area contributed by atoms with Gasteiger partial charge in [-0.25, -0.2) is 0 Å². The standard InChI is InChI=1S/C12H24N2/c1-3-4-5-6-14-9-11-7-13-8-12(11)10(14)2/h10-13H,3-9H2,1-2H3. The first-order valence-corrected chi connectivity index (χ1v) is 6.27. The summed E-state index contributed by atoms with van der Waals surface area (Å²) in [4.78, 5) is 2.71. The fourth-order valence-corrected chi connectivity index (χ4v) is 3.12. The number of unbranched alkanes of at least 4 members (excludes halogenated alkanes) is 2. The zero-order valence-electron chi connectivity index (χ0n) is 9.63. The molecule has 1 N–H and O–H groups in total. The predicted octanol–water partition coefficient (Wildman–Crippen LogP) is 1.72. The van der Waals surface area contributed by atoms with Crippen molar-refractivity contribution < 1.29 is 0 Å². The smallest absolute Gasteiger partial charge is 0.0111 e. The van der Waals surface area contributed by atoms with Crippen molar-refractivity contribution >= 4 is 0 Å². The predicted molar refractivity (Wildman–Crippen MR) is 60.4 cm³/mol. The molecular formula is C12H24N2. The van der Waals surface area contributed by atoms with Gasteiger partial charge in [-0.15, -0.1) is 0 Å². The highest BCUT2D eigenvalue weighted by atomic mass is 15.2. The summed E-state index contributed by atoms with van der Waals surface area (Å²) in [6.45, 7) is 9.91. The zero-order chi connectivity index (χ0) is 9.97. The second-order valence-corrected chi connectivity index (χ2v) is 5.02. The van der Waals surface area contributed by atoms with Crippen LogP contribution in [-0.4, -0.2) is 37.1 Å². The van der Waals surface area contributed by atoms with E-state index in [0.717, 1.165) is 17.9 Å². The lowest BCUT2D eigenvalue weighted by Crippen LogP contribution is -2.33. The van der Waals surface area contributed by atoms with Crippen molar-refractivity contribution in [3.05, 3.63) is 0 Å². The number of hydrogen-bond acceptors (Lipinski definition) is 2. The summed E-state index contributed by atoms with van der Waals surface area (Å²) in [6, 6.07) is 0.826. The second kappa shape index (κ2) is 4.63. The number of fused-ring (bicyclic) bond motifs is 1. The monoisotopic (exact) mass is 196 g/mol. The Labute approximate surface area is 88.1 Å². The Balaban J connectivity index is 1.78. The molecule has 2 aliphatic heterocycles. The number of nitrogens with zero attached hydrogens (tertiary/aromatic N) is 1. The lowest BCUT2D eigenvalue weighted by molar-refractivity contribution is 0.235. The number of likely N-dealkylation sites (tertiary alicyclic amines) is 1. The van der Waals surface area contributed by atoms with Gasteiger partial charge in [0.05, 0.1) is 0 Å². The quantitative estimate of drug-likeness (QED) is 0.689. The molecule has 0 amide bonds. The first-order chi connectivity index (χ1) is 6.83. The van der Waals surface area contributed by atoms with Gasteiger partial charge in [0.1, 0.15) is 0 Å². The molecule has 14 heavy (non-hydrogen) atoms. The van der Waals surface area contributed by atoms with E-state index in [0.29, 0.717) is 0 Å². The topological polar surface area (TPSA) is 15.3 Å². The van der Waals surface area contributed by atoms with E-state index in [-0.39, 0.29) is 0 Å². The Kier molecular flexibility index (Phi) is 3.45. The first-order valence-electron chi connectivity index (χ1n) is 6.27. The van der Waals surface area contributed by atoms with E-state index in [1.807, 2.05) is 0 Å². The molecule has 0 saturated carbocycles. The molecular weight excluding hydrogens is 172 g/mol. The second-order valence-electron chi connectivity index (χ2n) is 5.02. The lowest BCUT2D eigenvalue weighted by Gasteiger charge is -2.23. The maximum Gasteiger partial charge on any atom is 0.0111 e. The van der Waals surface area contributed by atoms with Crippen LogP contribution in [0.25, 0.3) is 0 Å². The third-order valence-electron chi connectivity index (χ3n) is 4.11. The summed E-state index contributed by atoms with van der Waals surface area (Å²) in [5.74, 6) is 1.89. The maximum atomic E-state index is 3.52. The Morgan fingerprint density at radius 3 is 2.86 bits per heavy atom. The summed E-state index contributed by atoms with van der Waals surface area (Å²) in [5, 5.41) is 3.52. The van der Waals surface area contributed by atoms with Gasteiger partial charge in [-0.1, -0.05) is 19.8 Å². The summed E-state index contributed by atoms with van der Waals surface area (Å²) in [6.07, 6.45) is 4.14. The van der Waals surface area contributed by atoms with Gasteiger partial charge in [-0.3, -0.25) is 4.90 Å². The van der Waals surface area contributed by atoms with Crippen LogP contribution in [0.5, 0.6) is 0 Å². The summed E-state index contributed by atoms with van der Waals surface area (Å²) >= 11 is 0. The molecule has 82 valence electrons. The van der Waals surface area contributed by atoms with Crippen molar-refractivity contribution in [3.8, 4) is 0 Å². The Morgan fingerprint density at radius 2 is 2.14 bits per heavy atom. The molecule has 2 heterocycles. The Bertz CT molecular complexity index is 181. The van der Waals surface area contributed by atoms with Gasteiger partial charge in [0, 0.05) is 12.6 Å². The number of hydrogen-bond donors (Lipinski definition) is 1. The van der Waals surface area contributed by atoms with E-state index in [2.05, 4.69) is 24.1 Å². The normalized spacial score (nSPS) is 37.7. The molecule has 2 fully saturated rings. The van der Waals surface area contributed by atoms with Gasteiger partial charge in [-0.2, -0.15) is 0 Å². The van der Waals surface area contributed by atoms with Crippen LogP contribution in [0, 0.1) is 11.8 Å². The van der Waals surface area contributed by atoms with Gasteiger partial charge >= 0.3 is 0 Å². The molecule has 2 saturated heterocycles. The molecule has 0 radical (unpaired) electrons. The first kappa shape index (κ1) is 10.4. The van der Waals surface area contributed by atoms with Gasteiger partial charge in [0.25, 0.3) is 0 Å². The average Bonchev–Trinajstić information content (AvgIpc) is 2.72. The molecule has 2 nitrogen and oxygen atoms in total. The molecule has 0 aromatic heterocycles. The van der Waals surface area contributed by atoms with Crippen LogP contribution in [0.1, 0.15) is 33.1 Å². The van der Waals surface area contributed by atoms with Crippen molar-refractivity contribution in [1.82, 2.24) is 10.2 Å². The molecule has 2 aliphatic rings. The fraction of sp³-hybridized carbons (Fsp3) is 1.00. The summed E-state index contributed by atoms with van der Waals surface area (Å²) < 4.78 is 0. The van der Waals surface area contributed by atoms with E-state index in [1.54, 1.807) is 0 Å². The van der Waals surface area contributed by atoms with Crippen LogP contribution >= 0.6 is 0 Å². The molecule has 0 bridgehead atoms. The van der Waals surface area contributed by atoms with Crippen molar-refractivity contribution in [2.45, 2.75) is 39.2 Å². The molecule has 2 heteroatoms. The van der Waals surface area contributed by atoms with Gasteiger partial charge in [0.2, 0.25) is 0 Å². The van der Waals surface area contributed by atoms with E-state index >= 15 is 0 Å². The fourth-order valence-electron chi connectivity index (χ4n) is 3.12. The van der Waals surface area contributed by atoms with Crippen LogP contribution in [-0.2, 0) is 0 Å². The Morgan fingerprint density at radius 1 is 1.29 bits per heavy atom. The van der Waals surface area contributed by atoms with Crippen molar-refractivity contribution in [2.24, 2.45) is 11.8 Å². The minimum atomic E-state index is 0.826. The average molecular weight is 196 g/mol. The third-order valence-corrected chi connectivity index (χ3v) is 4.11. The van der Waals surface area contributed by atoms with E-state index in [1.165, 1.54) is 45.4 Å². The van der Waals surface area contributed by atoms with E-state index in [4.69, 9.17) is 0 Å². The van der Waals surface area contributed by atoms with Gasteiger partial charge in [0.15, 0.2) is 0 Å². The third kappa shape index (κ3) is 1.96. The molecule has 0 aromatic carbocycles. The van der Waals surface area contributed by atoms with E-state index in [9.17, 15) is 0 Å². The highest BCUT2D eigenvalue weighted by molar-refractivity contribution is 4.96. The Hall–Kier alpha value is -0.0800. The molecule has 3 atom stereocenters. The van der Waals surface area contributed by atoms with Crippen LogP contribution in [0.15, 0.2) is 0 Å². The van der Waals surface area contributed by atoms with Gasteiger partial charge < -0.3 is 5.32 Å². The van der Waals surface area contributed by atoms with E-state index < -0.39 is 0 Å². The molecule has 3 unspecified atom stereocenters. The zero-order valence-corrected chi connectivity index (χ0v) is 9.63. The van der Waals surface area contributed by atoms with Crippen LogP contribution in [0.2, 0.25) is 0 Å². The number of rotatable bonds is 4. The minimum Gasteiger partial charge on any atom is -0.316 e. The maximum absolute atomic E-state index is 3.52. The SMILES string of the molecule is CCCCCN1CC2CNCC2C1C. The molecule has 0 spiro atoms. The number of nitrogens with one attached hydrogen (secondary N) is 1.